The Balaban J connectivity index is 2.05. The summed E-state index contributed by atoms with van der Waals surface area (Å²) in [5.41, 5.74) is 2.36. The van der Waals surface area contributed by atoms with Crippen molar-refractivity contribution in [2.75, 3.05) is 6.54 Å². The Morgan fingerprint density at radius 3 is 2.41 bits per heavy atom. The first-order valence-corrected chi connectivity index (χ1v) is 11.4. The SMILES string of the molecule is CCC(C)(C)NC(=O)[C@@H](c1ccc(F)cc1)N(CCc1ccccc1C)C(=O)c1cnccn1. The Bertz CT molecular complexity index is 1120. The van der Waals surface area contributed by atoms with Crippen LogP contribution < -0.4 is 5.32 Å². The van der Waals surface area contributed by atoms with Crippen LogP contribution in [0.3, 0.4) is 0 Å². The van der Waals surface area contributed by atoms with Gasteiger partial charge in [0, 0.05) is 24.5 Å². The van der Waals surface area contributed by atoms with E-state index in [0.717, 1.165) is 11.1 Å². The van der Waals surface area contributed by atoms with E-state index in [4.69, 9.17) is 0 Å². The van der Waals surface area contributed by atoms with Crippen molar-refractivity contribution in [1.29, 1.82) is 0 Å². The number of aromatic nitrogens is 2. The van der Waals surface area contributed by atoms with Gasteiger partial charge in [-0.2, -0.15) is 0 Å². The highest BCUT2D eigenvalue weighted by atomic mass is 19.1. The van der Waals surface area contributed by atoms with E-state index in [1.165, 1.54) is 35.6 Å². The van der Waals surface area contributed by atoms with Crippen LogP contribution in [0.1, 0.15) is 60.4 Å². The van der Waals surface area contributed by atoms with Gasteiger partial charge in [-0.1, -0.05) is 43.3 Å². The van der Waals surface area contributed by atoms with Crippen LogP contribution in [-0.2, 0) is 11.2 Å². The Morgan fingerprint density at radius 1 is 1.09 bits per heavy atom. The number of carbonyl (C=O) groups is 2. The van der Waals surface area contributed by atoms with Gasteiger partial charge in [0.1, 0.15) is 17.6 Å². The van der Waals surface area contributed by atoms with E-state index in [-0.39, 0.29) is 18.1 Å². The van der Waals surface area contributed by atoms with Gasteiger partial charge in [-0.25, -0.2) is 9.37 Å². The summed E-state index contributed by atoms with van der Waals surface area (Å²) in [6, 6.07) is 12.6. The molecule has 3 aromatic rings. The summed E-state index contributed by atoms with van der Waals surface area (Å²) in [6.07, 6.45) is 5.57. The number of hydrogen-bond acceptors (Lipinski definition) is 4. The van der Waals surface area contributed by atoms with Gasteiger partial charge in [0.25, 0.3) is 5.91 Å². The fourth-order valence-electron chi connectivity index (χ4n) is 3.64. The molecule has 0 spiro atoms. The molecule has 1 aromatic heterocycles. The molecule has 6 nitrogen and oxygen atoms in total. The number of rotatable bonds is 9. The van der Waals surface area contributed by atoms with Gasteiger partial charge in [-0.05, 0) is 62.4 Å². The maximum Gasteiger partial charge on any atom is 0.275 e. The molecule has 34 heavy (non-hydrogen) atoms. The molecule has 178 valence electrons. The number of benzene rings is 2. The highest BCUT2D eigenvalue weighted by Gasteiger charge is 2.34. The van der Waals surface area contributed by atoms with Gasteiger partial charge >= 0.3 is 0 Å². The number of carbonyl (C=O) groups excluding carboxylic acids is 2. The molecule has 0 aliphatic rings. The molecule has 1 atom stereocenters. The topological polar surface area (TPSA) is 75.2 Å². The minimum absolute atomic E-state index is 0.141. The van der Waals surface area contributed by atoms with E-state index in [1.807, 2.05) is 52.0 Å². The Labute approximate surface area is 200 Å². The Hall–Kier alpha value is -3.61. The summed E-state index contributed by atoms with van der Waals surface area (Å²) in [6.45, 7) is 8.11. The van der Waals surface area contributed by atoms with E-state index >= 15 is 0 Å². The molecule has 0 aliphatic heterocycles. The third-order valence-electron chi connectivity index (χ3n) is 6.02. The second-order valence-electron chi connectivity index (χ2n) is 8.95. The van der Waals surface area contributed by atoms with Crippen LogP contribution in [0.2, 0.25) is 0 Å². The van der Waals surface area contributed by atoms with E-state index in [2.05, 4.69) is 15.3 Å². The Kier molecular flexibility index (Phi) is 8.10. The predicted octanol–water partition coefficient (Wildman–Crippen LogP) is 4.66. The van der Waals surface area contributed by atoms with Crippen molar-refractivity contribution in [2.45, 2.75) is 52.1 Å². The van der Waals surface area contributed by atoms with Gasteiger partial charge in [-0.3, -0.25) is 14.6 Å². The first-order valence-electron chi connectivity index (χ1n) is 11.4. The third-order valence-corrected chi connectivity index (χ3v) is 6.02. The average Bonchev–Trinajstić information content (AvgIpc) is 2.83. The molecule has 0 aliphatic carbocycles. The number of hydrogen-bond donors (Lipinski definition) is 1. The maximum absolute atomic E-state index is 13.7. The fourth-order valence-corrected chi connectivity index (χ4v) is 3.64. The first kappa shape index (κ1) is 25.0. The van der Waals surface area contributed by atoms with Crippen LogP contribution in [0.15, 0.2) is 67.1 Å². The van der Waals surface area contributed by atoms with Crippen LogP contribution in [-0.4, -0.2) is 38.8 Å². The zero-order valence-corrected chi connectivity index (χ0v) is 20.1. The summed E-state index contributed by atoms with van der Waals surface area (Å²) >= 11 is 0. The molecule has 1 heterocycles. The molecule has 0 bridgehead atoms. The lowest BCUT2D eigenvalue weighted by molar-refractivity contribution is -0.127. The van der Waals surface area contributed by atoms with Crippen LogP contribution in [0.5, 0.6) is 0 Å². The molecule has 0 saturated heterocycles. The monoisotopic (exact) mass is 462 g/mol. The second kappa shape index (κ2) is 11.0. The molecule has 2 amide bonds. The van der Waals surface area contributed by atoms with Gasteiger partial charge in [0.05, 0.1) is 6.20 Å². The van der Waals surface area contributed by atoms with Crippen molar-refractivity contribution in [3.05, 3.63) is 95.3 Å². The molecule has 0 fully saturated rings. The predicted molar refractivity (Wildman–Crippen MR) is 130 cm³/mol. The number of amides is 2. The van der Waals surface area contributed by atoms with Crippen molar-refractivity contribution in [3.8, 4) is 0 Å². The third kappa shape index (κ3) is 6.25. The molecular weight excluding hydrogens is 431 g/mol. The lowest BCUT2D eigenvalue weighted by atomic mass is 9.97. The van der Waals surface area contributed by atoms with E-state index in [9.17, 15) is 14.0 Å². The summed E-state index contributed by atoms with van der Waals surface area (Å²) in [5.74, 6) is -1.16. The minimum atomic E-state index is -0.968. The van der Waals surface area contributed by atoms with Crippen LogP contribution >= 0.6 is 0 Å². The largest absolute Gasteiger partial charge is 0.349 e. The molecule has 1 N–H and O–H groups in total. The first-order chi connectivity index (χ1) is 16.2. The summed E-state index contributed by atoms with van der Waals surface area (Å²) in [4.78, 5) is 37.0. The van der Waals surface area contributed by atoms with Gasteiger partial charge < -0.3 is 10.2 Å². The van der Waals surface area contributed by atoms with Crippen LogP contribution in [0.25, 0.3) is 0 Å². The smallest absolute Gasteiger partial charge is 0.275 e. The van der Waals surface area contributed by atoms with Crippen molar-refractivity contribution >= 4 is 11.8 Å². The van der Waals surface area contributed by atoms with E-state index in [1.54, 1.807) is 12.1 Å². The lowest BCUT2D eigenvalue weighted by Gasteiger charge is -2.34. The summed E-state index contributed by atoms with van der Waals surface area (Å²) in [7, 11) is 0. The minimum Gasteiger partial charge on any atom is -0.349 e. The van der Waals surface area contributed by atoms with E-state index in [0.29, 0.717) is 18.4 Å². The van der Waals surface area contributed by atoms with Gasteiger partial charge in [0.2, 0.25) is 5.91 Å². The molecule has 2 aromatic carbocycles. The second-order valence-corrected chi connectivity index (χ2v) is 8.95. The molecule has 7 heteroatoms. The maximum atomic E-state index is 13.7. The highest BCUT2D eigenvalue weighted by molar-refractivity contribution is 5.96. The number of aryl methyl sites for hydroxylation is 1. The summed E-state index contributed by atoms with van der Waals surface area (Å²) < 4.78 is 13.7. The quantitative estimate of drug-likeness (QED) is 0.502. The summed E-state index contributed by atoms with van der Waals surface area (Å²) in [5, 5.41) is 3.05. The lowest BCUT2D eigenvalue weighted by Crippen LogP contribution is -2.50. The number of nitrogens with one attached hydrogen (secondary N) is 1. The van der Waals surface area contributed by atoms with Crippen molar-refractivity contribution in [2.24, 2.45) is 0 Å². The van der Waals surface area contributed by atoms with Crippen molar-refractivity contribution in [3.63, 3.8) is 0 Å². The van der Waals surface area contributed by atoms with Crippen LogP contribution in [0.4, 0.5) is 4.39 Å². The zero-order chi connectivity index (χ0) is 24.7. The number of nitrogens with zero attached hydrogens (tertiary/aromatic N) is 3. The normalized spacial score (nSPS) is 12.1. The molecule has 0 unspecified atom stereocenters. The van der Waals surface area contributed by atoms with E-state index < -0.39 is 23.3 Å². The number of halogens is 1. The fraction of sp³-hybridized carbons (Fsp3) is 0.333. The Morgan fingerprint density at radius 2 is 1.79 bits per heavy atom. The molecular formula is C27H31FN4O2. The molecule has 0 radical (unpaired) electrons. The highest BCUT2D eigenvalue weighted by Crippen LogP contribution is 2.26. The standard InChI is InChI=1S/C27H31FN4O2/c1-5-27(3,4)31-25(33)24(21-10-12-22(28)13-11-21)32(26(34)23-18-29-15-16-30-23)17-14-20-9-7-6-8-19(20)2/h6-13,15-16,18,24H,5,14,17H2,1-4H3,(H,31,33)/t24-/m1/s1. The van der Waals surface area contributed by atoms with Crippen molar-refractivity contribution in [1.82, 2.24) is 20.2 Å². The average molecular weight is 463 g/mol. The molecule has 0 saturated carbocycles. The van der Waals surface area contributed by atoms with Crippen molar-refractivity contribution < 1.29 is 14.0 Å². The van der Waals surface area contributed by atoms with Crippen LogP contribution in [0, 0.1) is 12.7 Å². The van der Waals surface area contributed by atoms with Gasteiger partial charge in [0.15, 0.2) is 0 Å². The van der Waals surface area contributed by atoms with Gasteiger partial charge in [-0.15, -0.1) is 0 Å². The zero-order valence-electron chi connectivity index (χ0n) is 20.1. The molecule has 3 rings (SSSR count).